The number of ether oxygens (including phenoxy) is 1. The summed E-state index contributed by atoms with van der Waals surface area (Å²) in [5, 5.41) is 20.9. The van der Waals surface area contributed by atoms with Crippen LogP contribution in [0.3, 0.4) is 0 Å². The Labute approximate surface area is 246 Å². The van der Waals surface area contributed by atoms with E-state index in [2.05, 4.69) is 0 Å². The van der Waals surface area contributed by atoms with E-state index < -0.39 is 65.6 Å². The summed E-state index contributed by atoms with van der Waals surface area (Å²) < 4.78 is 127. The van der Waals surface area contributed by atoms with Gasteiger partial charge < -0.3 is 14.9 Å². The Morgan fingerprint density at radius 1 is 0.750 bits per heavy atom. The second kappa shape index (κ2) is 12.6. The third-order valence-corrected chi connectivity index (χ3v) is 7.10. The van der Waals surface area contributed by atoms with Gasteiger partial charge in [0.1, 0.15) is 5.75 Å². The standard InChI is InChI=1S/C30H28F9NO4/c1-15(2)17-5-8-25(44-4)24(12-17)23-7-6-20(28(31,32)33)11-19(23)14-40(27(42)43)16(3)26(41)18-9-21(29(34,35)36)13-22(10-18)30(37,38)39/h5-13,15-16,26,41H,14H2,1-4H3,(H,42,43)/t16-,26+/m0/s1. The molecule has 0 aliphatic carbocycles. The van der Waals surface area contributed by atoms with Gasteiger partial charge >= 0.3 is 24.6 Å². The lowest BCUT2D eigenvalue weighted by Crippen LogP contribution is -2.41. The lowest BCUT2D eigenvalue weighted by atomic mass is 9.92. The Bertz CT molecular complexity index is 1470. The number of rotatable bonds is 8. The maximum absolute atomic E-state index is 13.7. The van der Waals surface area contributed by atoms with Crippen LogP contribution in [0.15, 0.2) is 54.6 Å². The number of hydrogen-bond donors (Lipinski definition) is 2. The van der Waals surface area contributed by atoms with Crippen molar-refractivity contribution in [1.29, 1.82) is 0 Å². The number of carboxylic acid groups (broad SMARTS) is 1. The molecule has 44 heavy (non-hydrogen) atoms. The number of nitrogens with zero attached hydrogens (tertiary/aromatic N) is 1. The highest BCUT2D eigenvalue weighted by Crippen LogP contribution is 2.41. The maximum atomic E-state index is 13.7. The lowest BCUT2D eigenvalue weighted by molar-refractivity contribution is -0.143. The molecule has 0 radical (unpaired) electrons. The summed E-state index contributed by atoms with van der Waals surface area (Å²) in [7, 11) is 1.32. The topological polar surface area (TPSA) is 70.0 Å². The fraction of sp³-hybridized carbons (Fsp3) is 0.367. The highest BCUT2D eigenvalue weighted by molar-refractivity contribution is 5.75. The van der Waals surface area contributed by atoms with Gasteiger partial charge in [-0.1, -0.05) is 26.0 Å². The molecule has 0 heterocycles. The van der Waals surface area contributed by atoms with E-state index in [0.717, 1.165) is 24.6 Å². The third kappa shape index (κ3) is 7.76. The molecule has 2 atom stereocenters. The van der Waals surface area contributed by atoms with Crippen LogP contribution >= 0.6 is 0 Å². The van der Waals surface area contributed by atoms with Crippen molar-refractivity contribution in [2.45, 2.75) is 63.9 Å². The van der Waals surface area contributed by atoms with Gasteiger partial charge in [0.15, 0.2) is 0 Å². The number of halogens is 9. The monoisotopic (exact) mass is 637 g/mol. The minimum atomic E-state index is -5.23. The van der Waals surface area contributed by atoms with Crippen LogP contribution in [-0.2, 0) is 25.1 Å². The molecule has 3 aromatic rings. The van der Waals surface area contributed by atoms with Crippen molar-refractivity contribution in [2.75, 3.05) is 7.11 Å². The van der Waals surface area contributed by atoms with Crippen molar-refractivity contribution < 1.29 is 59.3 Å². The van der Waals surface area contributed by atoms with Crippen LogP contribution in [0.2, 0.25) is 0 Å². The molecule has 5 nitrogen and oxygen atoms in total. The van der Waals surface area contributed by atoms with Gasteiger partial charge in [-0.05, 0) is 77.6 Å². The fourth-order valence-electron chi connectivity index (χ4n) is 4.63. The van der Waals surface area contributed by atoms with Crippen LogP contribution in [0, 0.1) is 0 Å². The summed E-state index contributed by atoms with van der Waals surface area (Å²) in [6.07, 6.45) is -19.3. The second-order valence-corrected chi connectivity index (χ2v) is 10.4. The fourth-order valence-corrected chi connectivity index (χ4v) is 4.63. The van der Waals surface area contributed by atoms with Crippen LogP contribution in [0.1, 0.15) is 66.2 Å². The van der Waals surface area contributed by atoms with Gasteiger partial charge in [-0.15, -0.1) is 0 Å². The Morgan fingerprint density at radius 3 is 1.75 bits per heavy atom. The average molecular weight is 638 g/mol. The molecule has 0 unspecified atom stereocenters. The Balaban J connectivity index is 2.17. The summed E-state index contributed by atoms with van der Waals surface area (Å²) >= 11 is 0. The smallest absolute Gasteiger partial charge is 0.416 e. The zero-order valence-electron chi connectivity index (χ0n) is 23.7. The number of amides is 1. The van der Waals surface area contributed by atoms with Gasteiger partial charge in [0.05, 0.1) is 42.5 Å². The van der Waals surface area contributed by atoms with Crippen LogP contribution in [-0.4, -0.2) is 34.4 Å². The van der Waals surface area contributed by atoms with E-state index in [1.165, 1.54) is 7.11 Å². The largest absolute Gasteiger partial charge is 0.496 e. The van der Waals surface area contributed by atoms with Gasteiger partial charge in [0.25, 0.3) is 0 Å². The zero-order chi connectivity index (χ0) is 33.4. The van der Waals surface area contributed by atoms with Crippen LogP contribution in [0.25, 0.3) is 11.1 Å². The molecule has 1 amide bonds. The molecule has 0 saturated heterocycles. The molecule has 240 valence electrons. The Kier molecular flexibility index (Phi) is 9.88. The molecule has 0 aliphatic heterocycles. The quantitative estimate of drug-likeness (QED) is 0.242. The highest BCUT2D eigenvalue weighted by atomic mass is 19.4. The first-order valence-corrected chi connectivity index (χ1v) is 13.0. The summed E-state index contributed by atoms with van der Waals surface area (Å²) in [6, 6.07) is 6.21. The molecule has 0 saturated carbocycles. The number of carbonyl (C=O) groups is 1. The minimum absolute atomic E-state index is 0.0164. The van der Waals surface area contributed by atoms with E-state index in [0.29, 0.717) is 16.5 Å². The predicted molar refractivity (Wildman–Crippen MR) is 142 cm³/mol. The number of methoxy groups -OCH3 is 1. The first-order chi connectivity index (χ1) is 20.1. The van der Waals surface area contributed by atoms with Crippen LogP contribution < -0.4 is 4.74 Å². The van der Waals surface area contributed by atoms with Crippen molar-refractivity contribution >= 4 is 6.09 Å². The predicted octanol–water partition coefficient (Wildman–Crippen LogP) is 9.14. The van der Waals surface area contributed by atoms with E-state index >= 15 is 0 Å². The third-order valence-electron chi connectivity index (χ3n) is 7.10. The molecule has 0 bridgehead atoms. The maximum Gasteiger partial charge on any atom is 0.416 e. The average Bonchev–Trinajstić information content (AvgIpc) is 2.92. The molecule has 3 rings (SSSR count). The summed E-state index contributed by atoms with van der Waals surface area (Å²) in [6.45, 7) is 3.92. The van der Waals surface area contributed by atoms with E-state index in [-0.39, 0.29) is 41.0 Å². The number of alkyl halides is 9. The van der Waals surface area contributed by atoms with Crippen molar-refractivity contribution in [2.24, 2.45) is 0 Å². The minimum Gasteiger partial charge on any atom is -0.496 e. The van der Waals surface area contributed by atoms with Gasteiger partial charge in [-0.2, -0.15) is 39.5 Å². The first kappa shape index (κ1) is 34.5. The molecular weight excluding hydrogens is 609 g/mol. The highest BCUT2D eigenvalue weighted by Gasteiger charge is 2.39. The van der Waals surface area contributed by atoms with Crippen molar-refractivity contribution in [3.8, 4) is 16.9 Å². The molecule has 0 aliphatic rings. The SMILES string of the molecule is COc1ccc(C(C)C)cc1-c1ccc(C(F)(F)F)cc1CN(C(=O)O)[C@@H](C)[C@@H](O)c1cc(C(F)(F)F)cc(C(F)(F)F)c1. The number of aliphatic hydroxyl groups is 1. The number of aliphatic hydroxyl groups excluding tert-OH is 1. The molecule has 3 aromatic carbocycles. The van der Waals surface area contributed by atoms with Gasteiger partial charge in [-0.25, -0.2) is 4.79 Å². The normalized spacial score (nSPS) is 14.0. The number of benzene rings is 3. The Hall–Kier alpha value is -3.94. The molecular formula is C30H28F9NO4. The van der Waals surface area contributed by atoms with Crippen molar-refractivity contribution in [1.82, 2.24) is 4.90 Å². The molecule has 0 fully saturated rings. The van der Waals surface area contributed by atoms with Crippen molar-refractivity contribution in [3.63, 3.8) is 0 Å². The molecule has 0 aromatic heterocycles. The lowest BCUT2D eigenvalue weighted by Gasteiger charge is -2.32. The van der Waals surface area contributed by atoms with E-state index in [1.807, 2.05) is 13.8 Å². The van der Waals surface area contributed by atoms with Crippen LogP contribution in [0.5, 0.6) is 5.75 Å². The van der Waals surface area contributed by atoms with E-state index in [1.54, 1.807) is 18.2 Å². The second-order valence-electron chi connectivity index (χ2n) is 10.4. The summed E-state index contributed by atoms with van der Waals surface area (Å²) in [5.41, 5.74) is -4.48. The van der Waals surface area contributed by atoms with Crippen molar-refractivity contribution in [3.05, 3.63) is 88.0 Å². The van der Waals surface area contributed by atoms with E-state index in [9.17, 15) is 54.5 Å². The molecule has 0 spiro atoms. The molecule has 14 heteroatoms. The van der Waals surface area contributed by atoms with Gasteiger partial charge in [-0.3, -0.25) is 4.90 Å². The first-order valence-electron chi connectivity index (χ1n) is 13.0. The summed E-state index contributed by atoms with van der Waals surface area (Å²) in [4.78, 5) is 12.8. The summed E-state index contributed by atoms with van der Waals surface area (Å²) in [5.74, 6) is 0.228. The Morgan fingerprint density at radius 2 is 1.30 bits per heavy atom. The number of hydrogen-bond acceptors (Lipinski definition) is 3. The zero-order valence-corrected chi connectivity index (χ0v) is 23.7. The van der Waals surface area contributed by atoms with Gasteiger partial charge in [0, 0.05) is 5.56 Å². The molecule has 2 N–H and O–H groups in total. The van der Waals surface area contributed by atoms with Crippen LogP contribution in [0.4, 0.5) is 44.3 Å². The van der Waals surface area contributed by atoms with E-state index in [4.69, 9.17) is 4.74 Å². The van der Waals surface area contributed by atoms with Gasteiger partial charge in [0.2, 0.25) is 0 Å².